The molecule has 5 heteroatoms. The van der Waals surface area contributed by atoms with Gasteiger partial charge in [-0.25, -0.2) is 0 Å². The van der Waals surface area contributed by atoms with Crippen LogP contribution in [0.1, 0.15) is 31.7 Å². The molecule has 1 heterocycles. The highest BCUT2D eigenvalue weighted by atomic mass is 32.1. The Labute approximate surface area is 95.7 Å². The van der Waals surface area contributed by atoms with E-state index in [1.807, 2.05) is 0 Å². The first-order valence-corrected chi connectivity index (χ1v) is 6.32. The maximum Gasteiger partial charge on any atom is 0.205 e. The summed E-state index contributed by atoms with van der Waals surface area (Å²) in [7, 11) is 2.12. The lowest BCUT2D eigenvalue weighted by atomic mass is 10.4. The fourth-order valence-electron chi connectivity index (χ4n) is 1.31. The molecule has 0 unspecified atom stereocenters. The third kappa shape index (κ3) is 4.57. The van der Waals surface area contributed by atoms with Gasteiger partial charge in [0.1, 0.15) is 5.01 Å². The van der Waals surface area contributed by atoms with Crippen molar-refractivity contribution in [3.05, 3.63) is 5.01 Å². The lowest BCUT2D eigenvalue weighted by Crippen LogP contribution is -2.18. The summed E-state index contributed by atoms with van der Waals surface area (Å²) in [6.07, 6.45) is 2.29. The SMILES string of the molecule is CCCNc1nnc(CN(C)CCC)s1. The number of rotatable bonds is 7. The maximum absolute atomic E-state index is 4.16. The molecule has 0 bridgehead atoms. The van der Waals surface area contributed by atoms with Crippen molar-refractivity contribution in [2.75, 3.05) is 25.5 Å². The molecule has 1 aromatic rings. The van der Waals surface area contributed by atoms with E-state index < -0.39 is 0 Å². The van der Waals surface area contributed by atoms with Crippen LogP contribution < -0.4 is 5.32 Å². The quantitative estimate of drug-likeness (QED) is 0.777. The minimum absolute atomic E-state index is 0.902. The van der Waals surface area contributed by atoms with Crippen LogP contribution in [0.4, 0.5) is 5.13 Å². The Morgan fingerprint density at radius 1 is 1.27 bits per heavy atom. The molecule has 0 fully saturated rings. The monoisotopic (exact) mass is 228 g/mol. The Balaban J connectivity index is 2.38. The third-order valence-corrected chi connectivity index (χ3v) is 2.87. The summed E-state index contributed by atoms with van der Waals surface area (Å²) in [5, 5.41) is 13.5. The zero-order valence-corrected chi connectivity index (χ0v) is 10.6. The van der Waals surface area contributed by atoms with E-state index in [1.165, 1.54) is 6.42 Å². The van der Waals surface area contributed by atoms with Crippen LogP contribution in [0.25, 0.3) is 0 Å². The molecule has 0 spiro atoms. The molecule has 0 aliphatic rings. The van der Waals surface area contributed by atoms with E-state index in [0.29, 0.717) is 0 Å². The number of aromatic nitrogens is 2. The van der Waals surface area contributed by atoms with Crippen LogP contribution in [0.5, 0.6) is 0 Å². The molecule has 0 atom stereocenters. The van der Waals surface area contributed by atoms with Crippen LogP contribution in [0.3, 0.4) is 0 Å². The number of nitrogens with zero attached hydrogens (tertiary/aromatic N) is 3. The Bertz CT molecular complexity index is 274. The smallest absolute Gasteiger partial charge is 0.205 e. The van der Waals surface area contributed by atoms with Gasteiger partial charge < -0.3 is 5.32 Å². The molecule has 4 nitrogen and oxygen atoms in total. The van der Waals surface area contributed by atoms with Gasteiger partial charge in [-0.2, -0.15) is 0 Å². The van der Waals surface area contributed by atoms with Crippen molar-refractivity contribution < 1.29 is 0 Å². The molecule has 0 saturated heterocycles. The highest BCUT2D eigenvalue weighted by molar-refractivity contribution is 7.15. The molecular formula is C10H20N4S. The van der Waals surface area contributed by atoms with Crippen LogP contribution in [0.15, 0.2) is 0 Å². The highest BCUT2D eigenvalue weighted by Crippen LogP contribution is 2.16. The van der Waals surface area contributed by atoms with Gasteiger partial charge >= 0.3 is 0 Å². The second kappa shape index (κ2) is 6.74. The summed E-state index contributed by atoms with van der Waals surface area (Å²) in [6, 6.07) is 0. The van der Waals surface area contributed by atoms with Gasteiger partial charge in [0.05, 0.1) is 6.54 Å². The summed E-state index contributed by atoms with van der Waals surface area (Å²) in [5.74, 6) is 0. The first-order valence-electron chi connectivity index (χ1n) is 5.51. The van der Waals surface area contributed by atoms with E-state index in [-0.39, 0.29) is 0 Å². The Morgan fingerprint density at radius 3 is 2.73 bits per heavy atom. The molecule has 1 rings (SSSR count). The zero-order valence-electron chi connectivity index (χ0n) is 9.79. The van der Waals surface area contributed by atoms with E-state index in [4.69, 9.17) is 0 Å². The van der Waals surface area contributed by atoms with Crippen LogP contribution in [0, 0.1) is 0 Å². The van der Waals surface area contributed by atoms with Crippen LogP contribution in [0.2, 0.25) is 0 Å². The summed E-state index contributed by atoms with van der Waals surface area (Å²) in [5.41, 5.74) is 0. The molecule has 1 aromatic heterocycles. The maximum atomic E-state index is 4.16. The largest absolute Gasteiger partial charge is 0.360 e. The fraction of sp³-hybridized carbons (Fsp3) is 0.800. The molecule has 15 heavy (non-hydrogen) atoms. The van der Waals surface area contributed by atoms with E-state index in [9.17, 15) is 0 Å². The van der Waals surface area contributed by atoms with Gasteiger partial charge in [-0.15, -0.1) is 10.2 Å². The highest BCUT2D eigenvalue weighted by Gasteiger charge is 2.05. The normalized spacial score (nSPS) is 10.9. The lowest BCUT2D eigenvalue weighted by Gasteiger charge is -2.12. The molecule has 1 N–H and O–H groups in total. The van der Waals surface area contributed by atoms with Crippen molar-refractivity contribution in [3.8, 4) is 0 Å². The molecule has 0 aromatic carbocycles. The van der Waals surface area contributed by atoms with Gasteiger partial charge in [0.2, 0.25) is 5.13 Å². The van der Waals surface area contributed by atoms with E-state index >= 15 is 0 Å². The second-order valence-electron chi connectivity index (χ2n) is 3.67. The molecule has 86 valence electrons. The van der Waals surface area contributed by atoms with Crippen molar-refractivity contribution in [2.24, 2.45) is 0 Å². The predicted octanol–water partition coefficient (Wildman–Crippen LogP) is 2.20. The third-order valence-electron chi connectivity index (χ3n) is 2.00. The summed E-state index contributed by atoms with van der Waals surface area (Å²) in [4.78, 5) is 2.27. The average Bonchev–Trinajstić information content (AvgIpc) is 2.63. The van der Waals surface area contributed by atoms with Crippen LogP contribution in [-0.4, -0.2) is 35.2 Å². The number of hydrogen-bond acceptors (Lipinski definition) is 5. The van der Waals surface area contributed by atoms with Crippen LogP contribution >= 0.6 is 11.3 Å². The number of hydrogen-bond donors (Lipinski definition) is 1. The van der Waals surface area contributed by atoms with Crippen molar-refractivity contribution in [1.29, 1.82) is 0 Å². The lowest BCUT2D eigenvalue weighted by molar-refractivity contribution is 0.326. The molecular weight excluding hydrogens is 208 g/mol. The summed E-state index contributed by atoms with van der Waals surface area (Å²) < 4.78 is 0. The van der Waals surface area contributed by atoms with Gasteiger partial charge in [-0.05, 0) is 26.4 Å². The zero-order chi connectivity index (χ0) is 11.1. The van der Waals surface area contributed by atoms with Crippen molar-refractivity contribution in [3.63, 3.8) is 0 Å². The van der Waals surface area contributed by atoms with E-state index in [0.717, 1.165) is 36.2 Å². The number of nitrogens with one attached hydrogen (secondary N) is 1. The molecule has 0 aliphatic carbocycles. The molecule has 0 saturated carbocycles. The topological polar surface area (TPSA) is 41.1 Å². The van der Waals surface area contributed by atoms with Gasteiger partial charge in [0.25, 0.3) is 0 Å². The summed E-state index contributed by atoms with van der Waals surface area (Å²) in [6.45, 7) is 7.31. The Kier molecular flexibility index (Phi) is 5.57. The van der Waals surface area contributed by atoms with Gasteiger partial charge in [0.15, 0.2) is 0 Å². The minimum Gasteiger partial charge on any atom is -0.360 e. The Hall–Kier alpha value is -0.680. The number of anilines is 1. The first kappa shape index (κ1) is 12.4. The average molecular weight is 228 g/mol. The predicted molar refractivity (Wildman–Crippen MR) is 65.3 cm³/mol. The van der Waals surface area contributed by atoms with Gasteiger partial charge in [-0.1, -0.05) is 25.2 Å². The molecule has 0 amide bonds. The standard InChI is InChI=1S/C10H20N4S/c1-4-6-11-10-13-12-9(15-10)8-14(3)7-5-2/h4-8H2,1-3H3,(H,11,13). The van der Waals surface area contributed by atoms with Gasteiger partial charge in [-0.3, -0.25) is 4.90 Å². The van der Waals surface area contributed by atoms with E-state index in [1.54, 1.807) is 11.3 Å². The second-order valence-corrected chi connectivity index (χ2v) is 4.73. The van der Waals surface area contributed by atoms with Crippen molar-refractivity contribution in [2.45, 2.75) is 33.2 Å². The minimum atomic E-state index is 0.902. The van der Waals surface area contributed by atoms with Crippen molar-refractivity contribution >= 4 is 16.5 Å². The van der Waals surface area contributed by atoms with Crippen LogP contribution in [-0.2, 0) is 6.54 Å². The fourth-order valence-corrected chi connectivity index (χ4v) is 2.16. The van der Waals surface area contributed by atoms with Gasteiger partial charge in [0, 0.05) is 6.54 Å². The summed E-state index contributed by atoms with van der Waals surface area (Å²) >= 11 is 1.65. The van der Waals surface area contributed by atoms with E-state index in [2.05, 4.69) is 41.3 Å². The molecule has 0 radical (unpaired) electrons. The first-order chi connectivity index (χ1) is 7.26. The van der Waals surface area contributed by atoms with Crippen molar-refractivity contribution in [1.82, 2.24) is 15.1 Å². The Morgan fingerprint density at radius 2 is 2.07 bits per heavy atom. The molecule has 0 aliphatic heterocycles.